The molecule has 1 aliphatic heterocycles. The molecule has 0 radical (unpaired) electrons. The number of nitrogens with zero attached hydrogens (tertiary/aromatic N) is 1. The van der Waals surface area contributed by atoms with Gasteiger partial charge in [0.25, 0.3) is 11.8 Å². The van der Waals surface area contributed by atoms with Crippen molar-refractivity contribution >= 4 is 46.6 Å². The van der Waals surface area contributed by atoms with Crippen molar-refractivity contribution in [3.63, 3.8) is 0 Å². The van der Waals surface area contributed by atoms with Gasteiger partial charge in [-0.05, 0) is 47.4 Å². The van der Waals surface area contributed by atoms with Crippen LogP contribution in [0.25, 0.3) is 6.08 Å². The summed E-state index contributed by atoms with van der Waals surface area (Å²) in [5, 5.41) is 4.47. The molecule has 1 aliphatic rings. The van der Waals surface area contributed by atoms with E-state index in [1.54, 1.807) is 12.2 Å². The third-order valence-electron chi connectivity index (χ3n) is 3.53. The van der Waals surface area contributed by atoms with Crippen LogP contribution >= 0.6 is 23.6 Å². The summed E-state index contributed by atoms with van der Waals surface area (Å²) in [4.78, 5) is 26.8. The lowest BCUT2D eigenvalue weighted by molar-refractivity contribution is -0.128. The first kappa shape index (κ1) is 17.8. The second kappa shape index (κ2) is 7.91. The predicted molar refractivity (Wildman–Crippen MR) is 107 cm³/mol. The second-order valence-electron chi connectivity index (χ2n) is 5.38. The van der Waals surface area contributed by atoms with Crippen LogP contribution in [0.15, 0.2) is 60.0 Å². The maximum absolute atomic E-state index is 12.5. The highest BCUT2D eigenvalue weighted by Crippen LogP contribution is 2.19. The Morgan fingerprint density at radius 1 is 1.23 bits per heavy atom. The van der Waals surface area contributed by atoms with Crippen molar-refractivity contribution in [2.45, 2.75) is 0 Å². The van der Waals surface area contributed by atoms with Gasteiger partial charge in [-0.3, -0.25) is 19.8 Å². The molecule has 2 heterocycles. The second-order valence-corrected chi connectivity index (χ2v) is 6.68. The number of hydrogen-bond donors (Lipinski definition) is 1. The number of thiophene rings is 1. The summed E-state index contributed by atoms with van der Waals surface area (Å²) in [6.45, 7) is 3.84. The SMILES string of the molecule is C=CCN1C(=O)/C(=C/c2csc(C#Cc3ccccc3)c2)C(=O)NC1=S. The molecule has 2 aromatic rings. The summed E-state index contributed by atoms with van der Waals surface area (Å²) < 4.78 is 0. The van der Waals surface area contributed by atoms with Crippen LogP contribution in [0.4, 0.5) is 0 Å². The van der Waals surface area contributed by atoms with Gasteiger partial charge >= 0.3 is 0 Å². The Kier molecular flexibility index (Phi) is 5.42. The topological polar surface area (TPSA) is 49.4 Å². The lowest BCUT2D eigenvalue weighted by Gasteiger charge is -2.27. The first-order chi connectivity index (χ1) is 12.6. The van der Waals surface area contributed by atoms with E-state index in [1.807, 2.05) is 41.8 Å². The van der Waals surface area contributed by atoms with Crippen LogP contribution in [0.1, 0.15) is 16.0 Å². The molecule has 0 saturated carbocycles. The van der Waals surface area contributed by atoms with Crippen molar-refractivity contribution in [1.82, 2.24) is 10.2 Å². The molecule has 0 bridgehead atoms. The van der Waals surface area contributed by atoms with E-state index in [2.05, 4.69) is 23.7 Å². The molecule has 1 N–H and O–H groups in total. The smallest absolute Gasteiger partial charge is 0.265 e. The van der Waals surface area contributed by atoms with Crippen LogP contribution in [0.2, 0.25) is 0 Å². The van der Waals surface area contributed by atoms with Gasteiger partial charge in [0.2, 0.25) is 0 Å². The number of thiocarbonyl (C=S) groups is 1. The standard InChI is InChI=1S/C20H14N2O2S2/c1-2-10-22-19(24)17(18(23)21-20(22)25)12-15-11-16(26-13-15)9-8-14-6-4-3-5-7-14/h2-7,11-13H,1,10H2,(H,21,23,25)/b17-12+. The van der Waals surface area contributed by atoms with Crippen molar-refractivity contribution in [2.75, 3.05) is 6.54 Å². The maximum atomic E-state index is 12.5. The average molecular weight is 378 g/mol. The number of rotatable bonds is 3. The normalized spacial score (nSPS) is 15.5. The highest BCUT2D eigenvalue weighted by molar-refractivity contribution is 7.80. The molecule has 1 saturated heterocycles. The van der Waals surface area contributed by atoms with E-state index in [-0.39, 0.29) is 17.2 Å². The summed E-state index contributed by atoms with van der Waals surface area (Å²) >= 11 is 6.49. The molecule has 128 valence electrons. The van der Waals surface area contributed by atoms with E-state index in [0.717, 1.165) is 16.0 Å². The minimum absolute atomic E-state index is 0.0424. The fourth-order valence-corrected chi connectivity index (χ4v) is 3.27. The molecule has 0 unspecified atom stereocenters. The molecular formula is C20H14N2O2S2. The van der Waals surface area contributed by atoms with Gasteiger partial charge in [-0.2, -0.15) is 0 Å². The van der Waals surface area contributed by atoms with Crippen molar-refractivity contribution in [3.05, 3.63) is 76.0 Å². The molecule has 1 aromatic carbocycles. The lowest BCUT2D eigenvalue weighted by atomic mass is 10.1. The Morgan fingerprint density at radius 3 is 2.73 bits per heavy atom. The zero-order valence-corrected chi connectivity index (χ0v) is 15.3. The van der Waals surface area contributed by atoms with Gasteiger partial charge in [0.15, 0.2) is 5.11 Å². The van der Waals surface area contributed by atoms with Crippen LogP contribution in [0, 0.1) is 11.8 Å². The number of benzene rings is 1. The monoisotopic (exact) mass is 378 g/mol. The third-order valence-corrected chi connectivity index (χ3v) is 4.72. The van der Waals surface area contributed by atoms with Gasteiger partial charge in [0, 0.05) is 12.1 Å². The van der Waals surface area contributed by atoms with Crippen molar-refractivity contribution in [1.29, 1.82) is 0 Å². The highest BCUT2D eigenvalue weighted by Gasteiger charge is 2.32. The van der Waals surface area contributed by atoms with E-state index < -0.39 is 11.8 Å². The Bertz CT molecular complexity index is 978. The minimum Gasteiger partial charge on any atom is -0.298 e. The summed E-state index contributed by atoms with van der Waals surface area (Å²) in [6.07, 6.45) is 3.11. The zero-order valence-electron chi connectivity index (χ0n) is 13.7. The molecule has 6 heteroatoms. The molecule has 3 rings (SSSR count). The van der Waals surface area contributed by atoms with Gasteiger partial charge < -0.3 is 0 Å². The fourth-order valence-electron chi connectivity index (χ4n) is 2.30. The summed E-state index contributed by atoms with van der Waals surface area (Å²) in [5.74, 6) is 5.24. The molecule has 1 fully saturated rings. The first-order valence-corrected chi connectivity index (χ1v) is 9.02. The molecule has 0 atom stereocenters. The van der Waals surface area contributed by atoms with Gasteiger partial charge in [-0.15, -0.1) is 17.9 Å². The predicted octanol–water partition coefficient (Wildman–Crippen LogP) is 2.96. The number of carbonyl (C=O) groups is 2. The summed E-state index contributed by atoms with van der Waals surface area (Å²) in [5.41, 5.74) is 1.72. The van der Waals surface area contributed by atoms with Crippen LogP contribution in [0.5, 0.6) is 0 Å². The Balaban J connectivity index is 1.84. The lowest BCUT2D eigenvalue weighted by Crippen LogP contribution is -2.53. The molecule has 4 nitrogen and oxygen atoms in total. The van der Waals surface area contributed by atoms with Crippen molar-refractivity contribution in [3.8, 4) is 11.8 Å². The number of amides is 2. The van der Waals surface area contributed by atoms with Crippen LogP contribution in [0.3, 0.4) is 0 Å². The average Bonchev–Trinajstić information content (AvgIpc) is 3.09. The molecule has 0 spiro atoms. The van der Waals surface area contributed by atoms with E-state index in [0.29, 0.717) is 0 Å². The third kappa shape index (κ3) is 3.97. The van der Waals surface area contributed by atoms with E-state index in [4.69, 9.17) is 12.2 Å². The van der Waals surface area contributed by atoms with Gasteiger partial charge in [-0.25, -0.2) is 0 Å². The fraction of sp³-hybridized carbons (Fsp3) is 0.0500. The van der Waals surface area contributed by atoms with Gasteiger partial charge in [0.05, 0.1) is 4.88 Å². The van der Waals surface area contributed by atoms with Crippen molar-refractivity contribution < 1.29 is 9.59 Å². The van der Waals surface area contributed by atoms with Crippen molar-refractivity contribution in [2.24, 2.45) is 0 Å². The van der Waals surface area contributed by atoms with E-state index >= 15 is 0 Å². The molecule has 2 amide bonds. The largest absolute Gasteiger partial charge is 0.298 e. The molecular weight excluding hydrogens is 364 g/mol. The van der Waals surface area contributed by atoms with Crippen LogP contribution < -0.4 is 5.32 Å². The summed E-state index contributed by atoms with van der Waals surface area (Å²) in [7, 11) is 0. The highest BCUT2D eigenvalue weighted by atomic mass is 32.1. The molecule has 26 heavy (non-hydrogen) atoms. The van der Waals surface area contributed by atoms with Crippen LogP contribution in [-0.2, 0) is 9.59 Å². The summed E-state index contributed by atoms with van der Waals surface area (Å²) in [6, 6.07) is 11.5. The maximum Gasteiger partial charge on any atom is 0.265 e. The quantitative estimate of drug-likeness (QED) is 0.294. The molecule has 0 aliphatic carbocycles. The number of carbonyl (C=O) groups excluding carboxylic acids is 2. The number of nitrogens with one attached hydrogen (secondary N) is 1. The number of hydrogen-bond acceptors (Lipinski definition) is 4. The first-order valence-electron chi connectivity index (χ1n) is 7.74. The van der Waals surface area contributed by atoms with Gasteiger partial charge in [0.1, 0.15) is 5.57 Å². The minimum atomic E-state index is -0.497. The Morgan fingerprint density at radius 2 is 2.00 bits per heavy atom. The van der Waals surface area contributed by atoms with Gasteiger partial charge in [-0.1, -0.05) is 36.1 Å². The van der Waals surface area contributed by atoms with E-state index in [9.17, 15) is 9.59 Å². The molecule has 1 aromatic heterocycles. The van der Waals surface area contributed by atoms with E-state index in [1.165, 1.54) is 16.2 Å². The zero-order chi connectivity index (χ0) is 18.5. The Hall–Kier alpha value is -3.01. The Labute approximate surface area is 160 Å². The van der Waals surface area contributed by atoms with Crippen LogP contribution in [-0.4, -0.2) is 28.4 Å².